The number of carbonyl (C=O) groups is 9. The van der Waals surface area contributed by atoms with Crippen molar-refractivity contribution in [1.29, 1.82) is 0 Å². The molecule has 0 N–H and O–H groups in total. The Bertz CT molecular complexity index is 1320. The van der Waals surface area contributed by atoms with Gasteiger partial charge in [-0.15, -0.1) is 0 Å². The lowest BCUT2D eigenvalue weighted by molar-refractivity contribution is -0.237. The third-order valence-electron chi connectivity index (χ3n) is 5.84. The number of ether oxygens (including phenoxy) is 10. The Balaban J connectivity index is 3.92. The van der Waals surface area contributed by atoms with Gasteiger partial charge in [0.05, 0.1) is 0 Å². The lowest BCUT2D eigenvalue weighted by Crippen LogP contribution is -2.61. The van der Waals surface area contributed by atoms with Crippen molar-refractivity contribution in [1.82, 2.24) is 0 Å². The first-order valence-electron chi connectivity index (χ1n) is 14.7. The van der Waals surface area contributed by atoms with Crippen molar-refractivity contribution in [2.75, 3.05) is 13.2 Å². The minimum atomic E-state index is -1.88. The zero-order valence-electron chi connectivity index (χ0n) is 28.8. The third-order valence-corrected chi connectivity index (χ3v) is 6.85. The monoisotopic (exact) mass is 736 g/mol. The molecule has 0 aromatic heterocycles. The van der Waals surface area contributed by atoms with Crippen LogP contribution in [0, 0.1) is 0 Å². The maximum atomic E-state index is 12.3. The molecule has 1 aliphatic heterocycles. The predicted molar refractivity (Wildman–Crippen MR) is 163 cm³/mol. The number of rotatable bonds is 16. The van der Waals surface area contributed by atoms with E-state index in [4.69, 9.17) is 47.4 Å². The number of thioether (sulfide) groups is 1. The van der Waals surface area contributed by atoms with E-state index in [0.717, 1.165) is 67.7 Å². The SMILES string of the molecule is CC(=O)OC[C@H]1O[C@@H](S/C=C(/OC(C)=O)[C@@H](OC(C)=O)[C@H](OC(C)=O)[C@@H](COC(C)=O)OC(C)=O)[C@H](OC(C)=O)[C@@H](OC(C)=O)[C@@H]1OC(C)=O. The zero-order chi connectivity index (χ0) is 38.3. The van der Waals surface area contributed by atoms with Crippen LogP contribution in [0.2, 0.25) is 0 Å². The molecule has 280 valence electrons. The highest BCUT2D eigenvalue weighted by atomic mass is 32.2. The normalized spacial score (nSPS) is 21.9. The molecule has 8 atom stereocenters. The van der Waals surface area contributed by atoms with Gasteiger partial charge in [-0.3, -0.25) is 43.2 Å². The van der Waals surface area contributed by atoms with Crippen LogP contribution in [0.15, 0.2) is 11.2 Å². The zero-order valence-corrected chi connectivity index (χ0v) is 29.6. The number of hydrogen-bond acceptors (Lipinski definition) is 20. The Morgan fingerprint density at radius 1 is 0.580 bits per heavy atom. The number of esters is 9. The minimum absolute atomic E-state index is 0.541. The number of hydrogen-bond donors (Lipinski definition) is 0. The molecule has 0 radical (unpaired) electrons. The molecule has 0 unspecified atom stereocenters. The molecule has 1 fully saturated rings. The van der Waals surface area contributed by atoms with Crippen molar-refractivity contribution in [2.45, 2.75) is 110 Å². The summed E-state index contributed by atoms with van der Waals surface area (Å²) in [6, 6.07) is 0. The van der Waals surface area contributed by atoms with Crippen LogP contribution in [0.3, 0.4) is 0 Å². The van der Waals surface area contributed by atoms with Crippen molar-refractivity contribution in [3.63, 3.8) is 0 Å². The van der Waals surface area contributed by atoms with Crippen molar-refractivity contribution < 1.29 is 90.5 Å². The van der Waals surface area contributed by atoms with Crippen LogP contribution >= 0.6 is 11.8 Å². The maximum absolute atomic E-state index is 12.3. The van der Waals surface area contributed by atoms with Gasteiger partial charge in [-0.1, -0.05) is 11.8 Å². The highest BCUT2D eigenvalue weighted by molar-refractivity contribution is 8.02. The van der Waals surface area contributed by atoms with Crippen LogP contribution in [-0.2, 0) is 90.5 Å². The first kappa shape index (κ1) is 43.3. The van der Waals surface area contributed by atoms with E-state index in [1.54, 1.807) is 0 Å². The summed E-state index contributed by atoms with van der Waals surface area (Å²) >= 11 is 0.587. The van der Waals surface area contributed by atoms with E-state index in [-0.39, 0.29) is 0 Å². The van der Waals surface area contributed by atoms with E-state index in [0.29, 0.717) is 11.8 Å². The summed E-state index contributed by atoms with van der Waals surface area (Å²) in [5, 5.41) is 1.03. The van der Waals surface area contributed by atoms with E-state index in [2.05, 4.69) is 0 Å². The summed E-state index contributed by atoms with van der Waals surface area (Å²) < 4.78 is 53.5. The van der Waals surface area contributed by atoms with Crippen molar-refractivity contribution in [3.05, 3.63) is 11.2 Å². The molecule has 0 aromatic rings. The Morgan fingerprint density at radius 3 is 1.54 bits per heavy atom. The standard InChI is InChI=1S/C30H40O19S/c1-13(31)40-10-22(42-15(3)33)25(44-17(5)35)27(46-19(7)37)24(43-16(4)34)12-50-30-29(48-21(9)39)28(47-20(8)38)26(45-18(6)36)23(49-30)11-41-14(2)32/h12,22-23,25-30H,10-11H2,1-9H3/b24-12+/t22-,23-,25-,26-,27-,28+,29-,30+/m1/s1. The molecule has 20 heteroatoms. The van der Waals surface area contributed by atoms with Gasteiger partial charge in [-0.05, 0) is 0 Å². The molecule has 19 nitrogen and oxygen atoms in total. The summed E-state index contributed by atoms with van der Waals surface area (Å²) in [4.78, 5) is 109. The van der Waals surface area contributed by atoms with Crippen LogP contribution in [-0.4, -0.2) is 115 Å². The molecule has 0 aliphatic carbocycles. The van der Waals surface area contributed by atoms with E-state index in [1.165, 1.54) is 0 Å². The molecule has 1 aliphatic rings. The van der Waals surface area contributed by atoms with Crippen molar-refractivity contribution >= 4 is 65.5 Å². The highest BCUT2D eigenvalue weighted by Gasteiger charge is 2.52. The van der Waals surface area contributed by atoms with Crippen LogP contribution < -0.4 is 0 Å². The maximum Gasteiger partial charge on any atom is 0.307 e. The third kappa shape index (κ3) is 15.7. The molecule has 1 rings (SSSR count). The van der Waals surface area contributed by atoms with Gasteiger partial charge in [-0.25, -0.2) is 0 Å². The van der Waals surface area contributed by atoms with E-state index in [9.17, 15) is 43.2 Å². The predicted octanol–water partition coefficient (Wildman–Crippen LogP) is 0.565. The number of carbonyl (C=O) groups excluding carboxylic acids is 9. The van der Waals surface area contributed by atoms with E-state index in [1.807, 2.05) is 0 Å². The summed E-state index contributed by atoms with van der Waals surface area (Å²) in [5.41, 5.74) is -1.43. The fraction of sp³-hybridized carbons (Fsp3) is 0.633. The molecule has 50 heavy (non-hydrogen) atoms. The van der Waals surface area contributed by atoms with E-state index >= 15 is 0 Å². The van der Waals surface area contributed by atoms with Crippen LogP contribution in [0.1, 0.15) is 62.3 Å². The molecular weight excluding hydrogens is 696 g/mol. The van der Waals surface area contributed by atoms with Crippen molar-refractivity contribution in [3.8, 4) is 0 Å². The highest BCUT2D eigenvalue weighted by Crippen LogP contribution is 2.36. The summed E-state index contributed by atoms with van der Waals surface area (Å²) in [7, 11) is 0. The summed E-state index contributed by atoms with van der Waals surface area (Å²) in [6.07, 6.45) is -11.2. The second-order valence-electron chi connectivity index (χ2n) is 10.4. The molecule has 1 saturated heterocycles. The minimum Gasteiger partial charge on any atom is -0.463 e. The van der Waals surface area contributed by atoms with Gasteiger partial charge in [0, 0.05) is 67.7 Å². The lowest BCUT2D eigenvalue weighted by atomic mass is 9.99. The van der Waals surface area contributed by atoms with Crippen LogP contribution in [0.4, 0.5) is 0 Å². The van der Waals surface area contributed by atoms with Gasteiger partial charge in [-0.2, -0.15) is 0 Å². The van der Waals surface area contributed by atoms with Gasteiger partial charge in [0.2, 0.25) is 6.10 Å². The molecule has 1 heterocycles. The molecule has 0 saturated carbocycles. The van der Waals surface area contributed by atoms with E-state index < -0.39 is 121 Å². The summed E-state index contributed by atoms with van der Waals surface area (Å²) in [5.74, 6) is -8.66. The Hall–Kier alpha value is -4.72. The fourth-order valence-corrected chi connectivity index (χ4v) is 5.37. The van der Waals surface area contributed by atoms with Gasteiger partial charge in [0.25, 0.3) is 0 Å². The molecular formula is C30H40O19S. The van der Waals surface area contributed by atoms with Crippen LogP contribution in [0.5, 0.6) is 0 Å². The van der Waals surface area contributed by atoms with Gasteiger partial charge < -0.3 is 47.4 Å². The topological polar surface area (TPSA) is 246 Å². The van der Waals surface area contributed by atoms with Gasteiger partial charge >= 0.3 is 53.7 Å². The average Bonchev–Trinajstić information content (AvgIpc) is 2.95. The molecule has 0 amide bonds. The van der Waals surface area contributed by atoms with Crippen LogP contribution in [0.25, 0.3) is 0 Å². The second kappa shape index (κ2) is 20.7. The largest absolute Gasteiger partial charge is 0.463 e. The fourth-order valence-electron chi connectivity index (χ4n) is 4.35. The summed E-state index contributed by atoms with van der Waals surface area (Å²) in [6.45, 7) is 7.89. The lowest BCUT2D eigenvalue weighted by Gasteiger charge is -2.44. The van der Waals surface area contributed by atoms with Crippen molar-refractivity contribution in [2.24, 2.45) is 0 Å². The molecule has 0 spiro atoms. The average molecular weight is 737 g/mol. The first-order valence-corrected chi connectivity index (χ1v) is 15.6. The quantitative estimate of drug-likeness (QED) is 0.119. The smallest absolute Gasteiger partial charge is 0.307 e. The molecule has 0 aromatic carbocycles. The van der Waals surface area contributed by atoms with Gasteiger partial charge in [0.15, 0.2) is 36.3 Å². The Morgan fingerprint density at radius 2 is 1.08 bits per heavy atom. The molecule has 0 bridgehead atoms. The Labute approximate surface area is 290 Å². The second-order valence-corrected chi connectivity index (χ2v) is 11.3. The Kier molecular flexibility index (Phi) is 17.9. The van der Waals surface area contributed by atoms with Gasteiger partial charge in [0.1, 0.15) is 24.8 Å². The first-order chi connectivity index (χ1) is 23.2.